The second-order valence-electron chi connectivity index (χ2n) is 5.16. The number of rotatable bonds is 6. The average Bonchev–Trinajstić information content (AvgIpc) is 2.50. The fourth-order valence-electron chi connectivity index (χ4n) is 2.49. The molecule has 0 unspecified atom stereocenters. The van der Waals surface area contributed by atoms with Crippen molar-refractivity contribution < 1.29 is 4.74 Å². The van der Waals surface area contributed by atoms with Gasteiger partial charge in [-0.25, -0.2) is 0 Å². The number of nitrogens with zero attached hydrogens (tertiary/aromatic N) is 1. The van der Waals surface area contributed by atoms with Crippen molar-refractivity contribution in [1.82, 2.24) is 5.32 Å². The van der Waals surface area contributed by atoms with Crippen LogP contribution in [0.25, 0.3) is 0 Å². The predicted octanol–water partition coefficient (Wildman–Crippen LogP) is 2.80. The van der Waals surface area contributed by atoms with Crippen molar-refractivity contribution in [2.24, 2.45) is 0 Å². The molecule has 3 nitrogen and oxygen atoms in total. The van der Waals surface area contributed by atoms with Gasteiger partial charge in [0, 0.05) is 31.4 Å². The van der Waals surface area contributed by atoms with E-state index in [0.717, 1.165) is 32.8 Å². The summed E-state index contributed by atoms with van der Waals surface area (Å²) in [5, 5.41) is 3.60. The Labute approximate surface area is 116 Å². The topological polar surface area (TPSA) is 24.5 Å². The van der Waals surface area contributed by atoms with Gasteiger partial charge in [-0.05, 0) is 30.5 Å². The lowest BCUT2D eigenvalue weighted by molar-refractivity contribution is 0.122. The number of anilines is 1. The molecular weight excluding hydrogens is 236 g/mol. The molecule has 0 aromatic heterocycles. The second-order valence-corrected chi connectivity index (χ2v) is 5.16. The molecule has 106 valence electrons. The lowest BCUT2D eigenvalue weighted by Crippen LogP contribution is -2.36. The summed E-state index contributed by atoms with van der Waals surface area (Å²) < 4.78 is 5.38. The molecule has 0 atom stereocenters. The summed E-state index contributed by atoms with van der Waals surface area (Å²) in [6.45, 7) is 9.15. The van der Waals surface area contributed by atoms with Crippen LogP contribution in [0.5, 0.6) is 0 Å². The maximum atomic E-state index is 5.38. The number of hydrogen-bond acceptors (Lipinski definition) is 3. The van der Waals surface area contributed by atoms with Crippen LogP contribution in [0.15, 0.2) is 24.3 Å². The molecule has 3 heteroatoms. The van der Waals surface area contributed by atoms with E-state index in [-0.39, 0.29) is 0 Å². The lowest BCUT2D eigenvalue weighted by Gasteiger charge is -2.29. The van der Waals surface area contributed by atoms with Crippen molar-refractivity contribution in [3.05, 3.63) is 29.8 Å². The molecule has 1 heterocycles. The van der Waals surface area contributed by atoms with Gasteiger partial charge < -0.3 is 15.0 Å². The van der Waals surface area contributed by atoms with Gasteiger partial charge in [-0.15, -0.1) is 0 Å². The summed E-state index contributed by atoms with van der Waals surface area (Å²) in [6, 6.07) is 9.57. The van der Waals surface area contributed by atoms with Gasteiger partial charge >= 0.3 is 0 Å². The Hall–Kier alpha value is -1.06. The van der Waals surface area contributed by atoms with Crippen LogP contribution in [0.1, 0.15) is 32.3 Å². The van der Waals surface area contributed by atoms with E-state index < -0.39 is 0 Å². The van der Waals surface area contributed by atoms with Crippen LogP contribution in [-0.2, 0) is 11.3 Å². The Kier molecular flexibility index (Phi) is 5.67. The summed E-state index contributed by atoms with van der Waals surface area (Å²) in [5.74, 6) is 0. The third-order valence-corrected chi connectivity index (χ3v) is 3.89. The molecule has 0 spiro atoms. The number of ether oxygens (including phenoxy) is 1. The van der Waals surface area contributed by atoms with Gasteiger partial charge in [0.25, 0.3) is 0 Å². The molecule has 1 aromatic carbocycles. The first kappa shape index (κ1) is 14.4. The fourth-order valence-corrected chi connectivity index (χ4v) is 2.49. The first-order chi connectivity index (χ1) is 9.33. The Morgan fingerprint density at radius 3 is 2.32 bits per heavy atom. The molecule has 1 N–H and O–H groups in total. The minimum absolute atomic E-state index is 0.638. The van der Waals surface area contributed by atoms with Gasteiger partial charge in [-0.1, -0.05) is 26.0 Å². The smallest absolute Gasteiger partial charge is 0.0642 e. The minimum Gasteiger partial charge on any atom is -0.378 e. The van der Waals surface area contributed by atoms with E-state index in [0.29, 0.717) is 6.04 Å². The van der Waals surface area contributed by atoms with Gasteiger partial charge in [0.15, 0.2) is 0 Å². The van der Waals surface area contributed by atoms with Gasteiger partial charge in [0.2, 0.25) is 0 Å². The van der Waals surface area contributed by atoms with Crippen molar-refractivity contribution in [3.8, 4) is 0 Å². The van der Waals surface area contributed by atoms with Crippen LogP contribution in [-0.4, -0.2) is 32.3 Å². The zero-order valence-electron chi connectivity index (χ0n) is 12.2. The van der Waals surface area contributed by atoms with Crippen molar-refractivity contribution in [1.29, 1.82) is 0 Å². The molecule has 1 aliphatic heterocycles. The minimum atomic E-state index is 0.638. The first-order valence-corrected chi connectivity index (χ1v) is 7.48. The molecule has 0 saturated carbocycles. The van der Waals surface area contributed by atoms with Crippen LogP contribution in [0.3, 0.4) is 0 Å². The van der Waals surface area contributed by atoms with Crippen molar-refractivity contribution in [2.75, 3.05) is 31.2 Å². The quantitative estimate of drug-likeness (QED) is 0.853. The van der Waals surface area contributed by atoms with Crippen LogP contribution in [0.4, 0.5) is 5.69 Å². The molecule has 1 aromatic rings. The van der Waals surface area contributed by atoms with Gasteiger partial charge in [0.1, 0.15) is 0 Å². The summed E-state index contributed by atoms with van der Waals surface area (Å²) in [7, 11) is 0. The first-order valence-electron chi connectivity index (χ1n) is 7.48. The zero-order chi connectivity index (χ0) is 13.5. The number of benzene rings is 1. The maximum absolute atomic E-state index is 5.38. The van der Waals surface area contributed by atoms with E-state index >= 15 is 0 Å². The fraction of sp³-hybridized carbons (Fsp3) is 0.625. The van der Waals surface area contributed by atoms with Crippen molar-refractivity contribution in [2.45, 2.75) is 39.3 Å². The molecule has 0 aliphatic carbocycles. The second kappa shape index (κ2) is 7.51. The molecular formula is C16H26N2O. The SMILES string of the molecule is CCC(CC)NCc1ccc(N2CCOCC2)cc1. The molecule has 0 bridgehead atoms. The van der Waals surface area contributed by atoms with E-state index in [1.54, 1.807) is 0 Å². The average molecular weight is 262 g/mol. The van der Waals surface area contributed by atoms with E-state index in [1.165, 1.54) is 24.1 Å². The largest absolute Gasteiger partial charge is 0.378 e. The zero-order valence-corrected chi connectivity index (χ0v) is 12.2. The Morgan fingerprint density at radius 1 is 1.11 bits per heavy atom. The Balaban J connectivity index is 1.87. The molecule has 1 fully saturated rings. The monoisotopic (exact) mass is 262 g/mol. The maximum Gasteiger partial charge on any atom is 0.0642 e. The van der Waals surface area contributed by atoms with E-state index in [2.05, 4.69) is 48.3 Å². The van der Waals surface area contributed by atoms with Crippen LogP contribution in [0.2, 0.25) is 0 Å². The third-order valence-electron chi connectivity index (χ3n) is 3.89. The highest BCUT2D eigenvalue weighted by molar-refractivity contribution is 5.47. The third kappa shape index (κ3) is 4.22. The van der Waals surface area contributed by atoms with Gasteiger partial charge in [-0.2, -0.15) is 0 Å². The molecule has 1 aliphatic rings. The van der Waals surface area contributed by atoms with Crippen LogP contribution in [0, 0.1) is 0 Å². The molecule has 2 rings (SSSR count). The van der Waals surface area contributed by atoms with Gasteiger partial charge in [0.05, 0.1) is 13.2 Å². The van der Waals surface area contributed by atoms with E-state index in [1.807, 2.05) is 0 Å². The van der Waals surface area contributed by atoms with E-state index in [4.69, 9.17) is 4.74 Å². The Bertz CT molecular complexity index is 354. The van der Waals surface area contributed by atoms with Crippen LogP contribution >= 0.6 is 0 Å². The van der Waals surface area contributed by atoms with E-state index in [9.17, 15) is 0 Å². The highest BCUT2D eigenvalue weighted by Crippen LogP contribution is 2.16. The summed E-state index contributed by atoms with van der Waals surface area (Å²) in [5.41, 5.74) is 2.68. The number of hydrogen-bond donors (Lipinski definition) is 1. The van der Waals surface area contributed by atoms with Gasteiger partial charge in [-0.3, -0.25) is 0 Å². The summed E-state index contributed by atoms with van der Waals surface area (Å²) >= 11 is 0. The molecule has 0 amide bonds. The molecule has 1 saturated heterocycles. The van der Waals surface area contributed by atoms with Crippen molar-refractivity contribution >= 4 is 5.69 Å². The number of morpholine rings is 1. The lowest BCUT2D eigenvalue weighted by atomic mass is 10.1. The Morgan fingerprint density at radius 2 is 1.74 bits per heavy atom. The highest BCUT2D eigenvalue weighted by atomic mass is 16.5. The van der Waals surface area contributed by atoms with Crippen molar-refractivity contribution in [3.63, 3.8) is 0 Å². The standard InChI is InChI=1S/C16H26N2O/c1-3-15(4-2)17-13-14-5-7-16(8-6-14)18-9-11-19-12-10-18/h5-8,15,17H,3-4,9-13H2,1-2H3. The summed E-state index contributed by atoms with van der Waals surface area (Å²) in [4.78, 5) is 2.39. The highest BCUT2D eigenvalue weighted by Gasteiger charge is 2.10. The number of nitrogens with one attached hydrogen (secondary N) is 1. The normalized spacial score (nSPS) is 16.1. The summed E-state index contributed by atoms with van der Waals surface area (Å²) in [6.07, 6.45) is 2.39. The predicted molar refractivity (Wildman–Crippen MR) is 80.7 cm³/mol. The molecule has 0 radical (unpaired) electrons. The molecule has 19 heavy (non-hydrogen) atoms. The van der Waals surface area contributed by atoms with Crippen LogP contribution < -0.4 is 10.2 Å².